The minimum Gasteiger partial charge on any atom is -0.461 e. The molecule has 7 rings (SSSR count). The molecule has 0 spiro atoms. The van der Waals surface area contributed by atoms with Crippen LogP contribution in [0.25, 0.3) is 27.8 Å². The molecular weight excluding hydrogens is 801 g/mol. The number of esters is 1. The van der Waals surface area contributed by atoms with Gasteiger partial charge in [0.05, 0.1) is 33.2 Å². The fourth-order valence-corrected chi connectivity index (χ4v) is 7.80. The van der Waals surface area contributed by atoms with Crippen LogP contribution in [0.5, 0.6) is 0 Å². The van der Waals surface area contributed by atoms with Gasteiger partial charge in [0.25, 0.3) is 21.5 Å². The van der Waals surface area contributed by atoms with E-state index in [1.807, 2.05) is 4.72 Å². The van der Waals surface area contributed by atoms with Gasteiger partial charge in [0.2, 0.25) is 0 Å². The molecule has 0 unspecified atom stereocenters. The zero-order chi connectivity index (χ0) is 42.7. The van der Waals surface area contributed by atoms with Crippen LogP contribution in [0, 0.1) is 11.6 Å². The molecule has 1 saturated heterocycles. The van der Waals surface area contributed by atoms with E-state index in [1.54, 1.807) is 50.5 Å². The van der Waals surface area contributed by atoms with Gasteiger partial charge in [-0.05, 0) is 74.2 Å². The third-order valence-corrected chi connectivity index (χ3v) is 11.3. The third kappa shape index (κ3) is 8.84. The molecule has 0 aliphatic carbocycles. The molecule has 1 atom stereocenters. The number of hydrogen-bond acceptors (Lipinski definition) is 11. The molecule has 3 aromatic heterocycles. The molecule has 3 aromatic carbocycles. The first kappa shape index (κ1) is 41.5. The number of halogens is 2. The normalized spacial score (nSPS) is 13.9. The Balaban J connectivity index is 1.05. The number of carbonyl (C=O) groups excluding carboxylic acids is 2. The van der Waals surface area contributed by atoms with Crippen LogP contribution in [0.3, 0.4) is 0 Å². The molecular formula is C42H39F2N7O8S. The van der Waals surface area contributed by atoms with Crippen molar-refractivity contribution >= 4 is 38.5 Å². The number of aromatic nitrogens is 5. The maximum absolute atomic E-state index is 15.5. The number of fused-ring (bicyclic) bond motifs is 1. The number of carbonyl (C=O) groups is 2. The number of sulfonamides is 1. The molecule has 1 aliphatic heterocycles. The number of rotatable bonds is 12. The smallest absolute Gasteiger partial charge is 0.337 e. The van der Waals surface area contributed by atoms with Gasteiger partial charge in [0.1, 0.15) is 29.3 Å². The van der Waals surface area contributed by atoms with Crippen molar-refractivity contribution in [1.29, 1.82) is 0 Å². The van der Waals surface area contributed by atoms with Crippen molar-refractivity contribution in [1.82, 2.24) is 29.4 Å². The number of aryl methyl sites for hydroxylation is 1. The molecule has 1 amide bonds. The second-order valence-electron chi connectivity index (χ2n) is 14.4. The summed E-state index contributed by atoms with van der Waals surface area (Å²) in [6.45, 7) is 4.46. The summed E-state index contributed by atoms with van der Waals surface area (Å²) in [6.07, 6.45) is 5.43. The van der Waals surface area contributed by atoms with E-state index in [0.29, 0.717) is 58.8 Å². The van der Waals surface area contributed by atoms with Crippen molar-refractivity contribution in [2.45, 2.75) is 56.1 Å². The van der Waals surface area contributed by atoms with Crippen LogP contribution in [0.15, 0.2) is 106 Å². The number of para-hydroxylation sites is 1. The lowest BCUT2D eigenvalue weighted by atomic mass is 9.99. The standard InChI is InChI=1S/C42H39F2N7O8S/c1-24(2)59-41(54)35(18-25-8-13-37(45-21-25)51-40(53)30-6-4-5-7-36(30)50(3)42(51)55)48-39(52)31-19-33(44)34(20-32(31)43)49-60(56,57)29-11-9-26(10-12-29)28-22-46-38(47-23-28)27-14-16-58-17-15-27/h4-13,19-24,27,35,49H,14-18H2,1-3H3,(H,48,52)/t35-/m0/s1. The van der Waals surface area contributed by atoms with E-state index < -0.39 is 68.2 Å². The third-order valence-electron chi connectivity index (χ3n) is 9.90. The average molecular weight is 840 g/mol. The summed E-state index contributed by atoms with van der Waals surface area (Å²) < 4.78 is 72.3. The van der Waals surface area contributed by atoms with Crippen molar-refractivity contribution in [3.63, 3.8) is 0 Å². The molecule has 18 heteroatoms. The van der Waals surface area contributed by atoms with Crippen molar-refractivity contribution in [2.75, 3.05) is 17.9 Å². The summed E-state index contributed by atoms with van der Waals surface area (Å²) in [5.74, 6) is -3.70. The van der Waals surface area contributed by atoms with Crippen molar-refractivity contribution in [2.24, 2.45) is 7.05 Å². The summed E-state index contributed by atoms with van der Waals surface area (Å²) >= 11 is 0. The Bertz CT molecular complexity index is 2810. The zero-order valence-electron chi connectivity index (χ0n) is 32.6. The first-order valence-corrected chi connectivity index (χ1v) is 20.4. The molecule has 0 bridgehead atoms. The monoisotopic (exact) mass is 839 g/mol. The summed E-state index contributed by atoms with van der Waals surface area (Å²) in [7, 11) is -2.90. The molecule has 0 saturated carbocycles. The number of hydrogen-bond donors (Lipinski definition) is 2. The Kier molecular flexibility index (Phi) is 12.0. The fraction of sp³-hybridized carbons (Fsp3) is 0.262. The Hall–Kier alpha value is -6.66. The number of anilines is 1. The van der Waals surface area contributed by atoms with Crippen LogP contribution in [-0.2, 0) is 37.8 Å². The van der Waals surface area contributed by atoms with Gasteiger partial charge in [-0.3, -0.25) is 18.9 Å². The van der Waals surface area contributed by atoms with Gasteiger partial charge in [0.15, 0.2) is 0 Å². The van der Waals surface area contributed by atoms with E-state index >= 15 is 8.78 Å². The maximum atomic E-state index is 15.5. The number of amides is 1. The summed E-state index contributed by atoms with van der Waals surface area (Å²) in [5, 5.41) is 2.66. The minimum absolute atomic E-state index is 0.00713. The van der Waals surface area contributed by atoms with E-state index in [-0.39, 0.29) is 23.1 Å². The topological polar surface area (TPSA) is 193 Å². The highest BCUT2D eigenvalue weighted by molar-refractivity contribution is 7.92. The molecule has 310 valence electrons. The Morgan fingerprint density at radius 2 is 1.60 bits per heavy atom. The fourth-order valence-electron chi connectivity index (χ4n) is 6.74. The van der Waals surface area contributed by atoms with Gasteiger partial charge in [0, 0.05) is 62.8 Å². The summed E-state index contributed by atoms with van der Waals surface area (Å²) in [4.78, 5) is 65.8. The number of nitrogens with zero attached hydrogens (tertiary/aromatic N) is 5. The predicted octanol–water partition coefficient (Wildman–Crippen LogP) is 4.81. The largest absolute Gasteiger partial charge is 0.461 e. The zero-order valence-corrected chi connectivity index (χ0v) is 33.4. The van der Waals surface area contributed by atoms with Gasteiger partial charge in [-0.15, -0.1) is 0 Å². The van der Waals surface area contributed by atoms with E-state index in [2.05, 4.69) is 20.3 Å². The van der Waals surface area contributed by atoms with Gasteiger partial charge >= 0.3 is 11.7 Å². The highest BCUT2D eigenvalue weighted by atomic mass is 32.2. The second kappa shape index (κ2) is 17.3. The maximum Gasteiger partial charge on any atom is 0.337 e. The van der Waals surface area contributed by atoms with Crippen molar-refractivity contribution in [3.8, 4) is 16.9 Å². The molecule has 1 fully saturated rings. The number of nitrogens with one attached hydrogen (secondary N) is 2. The Morgan fingerprint density at radius 3 is 2.27 bits per heavy atom. The van der Waals surface area contributed by atoms with Gasteiger partial charge in [-0.1, -0.05) is 30.3 Å². The summed E-state index contributed by atoms with van der Waals surface area (Å²) in [6, 6.07) is 14.7. The highest BCUT2D eigenvalue weighted by Gasteiger charge is 2.28. The summed E-state index contributed by atoms with van der Waals surface area (Å²) in [5.41, 5.74) is -0.699. The highest BCUT2D eigenvalue weighted by Crippen LogP contribution is 2.27. The van der Waals surface area contributed by atoms with E-state index in [1.165, 1.54) is 54.2 Å². The van der Waals surface area contributed by atoms with Gasteiger partial charge in [-0.2, -0.15) is 0 Å². The van der Waals surface area contributed by atoms with Crippen LogP contribution in [0.1, 0.15) is 54.4 Å². The average Bonchev–Trinajstić information content (AvgIpc) is 3.24. The lowest BCUT2D eigenvalue weighted by Crippen LogP contribution is -2.44. The lowest BCUT2D eigenvalue weighted by molar-refractivity contribution is -0.149. The number of ether oxygens (including phenoxy) is 2. The minimum atomic E-state index is -4.42. The van der Waals surface area contributed by atoms with E-state index in [4.69, 9.17) is 9.47 Å². The van der Waals surface area contributed by atoms with Crippen molar-refractivity contribution < 1.29 is 36.3 Å². The quantitative estimate of drug-likeness (QED) is 0.161. The first-order valence-electron chi connectivity index (χ1n) is 18.9. The molecule has 15 nitrogen and oxygen atoms in total. The number of benzene rings is 3. The molecule has 0 radical (unpaired) electrons. The molecule has 2 N–H and O–H groups in total. The first-order chi connectivity index (χ1) is 28.7. The van der Waals surface area contributed by atoms with Crippen LogP contribution >= 0.6 is 0 Å². The van der Waals surface area contributed by atoms with Crippen molar-refractivity contribution in [3.05, 3.63) is 141 Å². The second-order valence-corrected chi connectivity index (χ2v) is 16.1. The number of pyridine rings is 1. The lowest BCUT2D eigenvalue weighted by Gasteiger charge is -2.20. The SMILES string of the molecule is CC(C)OC(=O)[C@H](Cc1ccc(-n2c(=O)c3ccccc3n(C)c2=O)nc1)NC(=O)c1cc(F)c(NS(=O)(=O)c2ccc(-c3cnc(C4CCOCC4)nc3)cc2)cc1F. The van der Waals surface area contributed by atoms with E-state index in [0.717, 1.165) is 17.4 Å². The Morgan fingerprint density at radius 1 is 0.900 bits per heavy atom. The van der Waals surface area contributed by atoms with Crippen LogP contribution in [-0.4, -0.2) is 69.7 Å². The molecule has 1 aliphatic rings. The van der Waals surface area contributed by atoms with Crippen LogP contribution in [0.4, 0.5) is 14.5 Å². The molecule has 4 heterocycles. The van der Waals surface area contributed by atoms with E-state index in [9.17, 15) is 27.6 Å². The molecule has 6 aromatic rings. The van der Waals surface area contributed by atoms with Gasteiger partial charge < -0.3 is 14.8 Å². The predicted molar refractivity (Wildman–Crippen MR) is 216 cm³/mol. The van der Waals surface area contributed by atoms with Gasteiger partial charge in [-0.25, -0.2) is 46.3 Å². The Labute approximate surface area is 342 Å². The molecule has 60 heavy (non-hydrogen) atoms. The van der Waals surface area contributed by atoms with Crippen LogP contribution in [0.2, 0.25) is 0 Å². The van der Waals surface area contributed by atoms with Crippen LogP contribution < -0.4 is 21.3 Å².